The summed E-state index contributed by atoms with van der Waals surface area (Å²) in [5.41, 5.74) is 8.94. The van der Waals surface area contributed by atoms with E-state index in [1.165, 1.54) is 45.5 Å². The summed E-state index contributed by atoms with van der Waals surface area (Å²) < 4.78 is 13.2. The molecule has 0 radical (unpaired) electrons. The van der Waals surface area contributed by atoms with E-state index in [0.717, 1.165) is 71.0 Å². The second-order valence-electron chi connectivity index (χ2n) is 12.2. The van der Waals surface area contributed by atoms with Crippen LogP contribution in [-0.2, 0) is 11.2 Å². The summed E-state index contributed by atoms with van der Waals surface area (Å²) in [7, 11) is 0. The monoisotopic (exact) mass is 555 g/mol. The van der Waals surface area contributed by atoms with Gasteiger partial charge in [-0.05, 0) is 81.8 Å². The Balaban J connectivity index is 1.06. The Morgan fingerprint density at radius 1 is 0.829 bits per heavy atom. The Morgan fingerprint density at radius 3 is 2.05 bits per heavy atom. The number of piperazine rings is 1. The summed E-state index contributed by atoms with van der Waals surface area (Å²) in [5, 5.41) is 3.59. The van der Waals surface area contributed by atoms with Crippen molar-refractivity contribution in [3.8, 4) is 5.75 Å². The molecule has 0 amide bonds. The maximum atomic E-state index is 6.73. The van der Waals surface area contributed by atoms with Crippen molar-refractivity contribution in [2.24, 2.45) is 0 Å². The van der Waals surface area contributed by atoms with Crippen molar-refractivity contribution >= 4 is 5.69 Å². The van der Waals surface area contributed by atoms with Gasteiger partial charge in [0.25, 0.3) is 0 Å². The van der Waals surface area contributed by atoms with E-state index in [4.69, 9.17) is 9.47 Å². The van der Waals surface area contributed by atoms with Crippen LogP contribution in [0.15, 0.2) is 60.7 Å². The van der Waals surface area contributed by atoms with Crippen molar-refractivity contribution in [2.45, 2.75) is 65.6 Å². The van der Waals surface area contributed by atoms with Gasteiger partial charge in [0.1, 0.15) is 17.5 Å². The van der Waals surface area contributed by atoms with Crippen molar-refractivity contribution in [3.63, 3.8) is 0 Å². The minimum atomic E-state index is -0.164. The third-order valence-corrected chi connectivity index (χ3v) is 9.01. The van der Waals surface area contributed by atoms with Crippen molar-refractivity contribution in [3.05, 3.63) is 94.0 Å². The summed E-state index contributed by atoms with van der Waals surface area (Å²) in [4.78, 5) is 5.23. The molecular weight excluding hydrogens is 506 g/mol. The summed E-state index contributed by atoms with van der Waals surface area (Å²) >= 11 is 0. The number of nitrogens with one attached hydrogen (secondary N) is 1. The molecule has 2 aliphatic rings. The topological polar surface area (TPSA) is 37.0 Å². The van der Waals surface area contributed by atoms with Crippen LogP contribution in [0.1, 0.15) is 66.2 Å². The van der Waals surface area contributed by atoms with E-state index in [9.17, 15) is 0 Å². The van der Waals surface area contributed by atoms with Crippen LogP contribution in [0.2, 0.25) is 0 Å². The zero-order chi connectivity index (χ0) is 28.8. The van der Waals surface area contributed by atoms with Crippen molar-refractivity contribution in [1.82, 2.24) is 9.80 Å². The number of nitrogens with zero attached hydrogens (tertiary/aromatic N) is 2. The molecule has 220 valence electrons. The zero-order valence-electron chi connectivity index (χ0n) is 25.8. The molecule has 3 aromatic rings. The van der Waals surface area contributed by atoms with Gasteiger partial charge in [0.2, 0.25) is 0 Å². The van der Waals surface area contributed by atoms with Crippen LogP contribution in [0.5, 0.6) is 5.75 Å². The number of rotatable bonds is 12. The van der Waals surface area contributed by atoms with Gasteiger partial charge < -0.3 is 19.7 Å². The minimum absolute atomic E-state index is 0.00256. The summed E-state index contributed by atoms with van der Waals surface area (Å²) in [5.74, 6) is 1.13. The first-order valence-electron chi connectivity index (χ1n) is 15.6. The molecule has 3 aromatic carbocycles. The number of unbranched alkanes of at least 4 members (excludes halogenated alkanes) is 1. The molecule has 5 rings (SSSR count). The Hall–Kier alpha value is -2.86. The predicted molar refractivity (Wildman–Crippen MR) is 170 cm³/mol. The third-order valence-electron chi connectivity index (χ3n) is 9.01. The first kappa shape index (κ1) is 29.6. The lowest BCUT2D eigenvalue weighted by molar-refractivity contribution is 0.0361. The molecule has 1 unspecified atom stereocenters. The van der Waals surface area contributed by atoms with E-state index in [0.29, 0.717) is 0 Å². The fraction of sp³-hybridized carbons (Fsp3) is 0.500. The maximum Gasteiger partial charge on any atom is 0.127 e. The average Bonchev–Trinajstić information content (AvgIpc) is 3.35. The fourth-order valence-electron chi connectivity index (χ4n) is 6.65. The van der Waals surface area contributed by atoms with Crippen LogP contribution in [0.4, 0.5) is 5.69 Å². The van der Waals surface area contributed by atoms with Crippen LogP contribution >= 0.6 is 0 Å². The van der Waals surface area contributed by atoms with Gasteiger partial charge >= 0.3 is 0 Å². The van der Waals surface area contributed by atoms with Crippen molar-refractivity contribution < 1.29 is 9.47 Å². The number of ether oxygens (including phenoxy) is 2. The molecular formula is C36H49N3O2. The van der Waals surface area contributed by atoms with Crippen LogP contribution in [-0.4, -0.2) is 67.8 Å². The van der Waals surface area contributed by atoms with E-state index in [1.807, 2.05) is 0 Å². The van der Waals surface area contributed by atoms with Crippen molar-refractivity contribution in [1.29, 1.82) is 0 Å². The largest absolute Gasteiger partial charge is 0.485 e. The number of hydrogen-bond acceptors (Lipinski definition) is 5. The quantitative estimate of drug-likeness (QED) is 0.245. The average molecular weight is 556 g/mol. The van der Waals surface area contributed by atoms with Crippen molar-refractivity contribution in [2.75, 3.05) is 57.7 Å². The number of benzene rings is 3. The number of anilines is 1. The Morgan fingerprint density at radius 2 is 1.44 bits per heavy atom. The van der Waals surface area contributed by atoms with E-state index < -0.39 is 0 Å². The molecule has 5 nitrogen and oxygen atoms in total. The Kier molecular flexibility index (Phi) is 9.69. The SMILES string of the molecule is CCNc1c(C)c(C)c2c(c1C)CC(C)(CN1CCN(CCCCOC(c3ccccc3)c3ccccc3)CC1)O2. The van der Waals surface area contributed by atoms with E-state index in [2.05, 4.69) is 110 Å². The lowest BCUT2D eigenvalue weighted by Gasteiger charge is -2.38. The molecule has 1 saturated heterocycles. The zero-order valence-corrected chi connectivity index (χ0v) is 25.8. The normalized spacial score (nSPS) is 19.4. The van der Waals surface area contributed by atoms with E-state index in [1.54, 1.807) is 0 Å². The van der Waals surface area contributed by atoms with Gasteiger partial charge in [-0.25, -0.2) is 0 Å². The molecule has 1 atom stereocenters. The predicted octanol–water partition coefficient (Wildman–Crippen LogP) is 6.94. The lowest BCUT2D eigenvalue weighted by Crippen LogP contribution is -2.52. The molecule has 41 heavy (non-hydrogen) atoms. The van der Waals surface area contributed by atoms with Gasteiger partial charge in [0.15, 0.2) is 0 Å². The highest BCUT2D eigenvalue weighted by Crippen LogP contribution is 2.44. The van der Waals surface area contributed by atoms with Gasteiger partial charge in [-0.2, -0.15) is 0 Å². The molecule has 1 fully saturated rings. The Bertz CT molecular complexity index is 1230. The fourth-order valence-corrected chi connectivity index (χ4v) is 6.65. The van der Waals surface area contributed by atoms with E-state index >= 15 is 0 Å². The molecule has 2 heterocycles. The van der Waals surface area contributed by atoms with Crippen LogP contribution in [0, 0.1) is 20.8 Å². The third kappa shape index (κ3) is 6.97. The first-order valence-corrected chi connectivity index (χ1v) is 15.6. The molecule has 0 bridgehead atoms. The van der Waals surface area contributed by atoms with Gasteiger partial charge in [0, 0.05) is 63.5 Å². The highest BCUT2D eigenvalue weighted by atomic mass is 16.5. The second-order valence-corrected chi connectivity index (χ2v) is 12.2. The smallest absolute Gasteiger partial charge is 0.127 e. The van der Waals surface area contributed by atoms with Crippen LogP contribution in [0.3, 0.4) is 0 Å². The molecule has 0 saturated carbocycles. The standard InChI is InChI=1S/C36H49N3O2/c1-6-37-33-27(2)28(3)34-32(29(33)4)25-36(5,41-34)26-39-22-20-38(21-23-39)19-13-14-24-40-35(30-15-9-7-10-16-30)31-17-11-8-12-18-31/h7-12,15-18,35,37H,6,13-14,19-26H2,1-5H3. The van der Waals surface area contributed by atoms with Gasteiger partial charge in [-0.1, -0.05) is 60.7 Å². The maximum absolute atomic E-state index is 6.73. The molecule has 1 N–H and O–H groups in total. The second kappa shape index (κ2) is 13.4. The summed E-state index contributed by atoms with van der Waals surface area (Å²) in [6.07, 6.45) is 3.23. The molecule has 0 aromatic heterocycles. The lowest BCUT2D eigenvalue weighted by atomic mass is 9.91. The minimum Gasteiger partial charge on any atom is -0.485 e. The molecule has 0 aliphatic carbocycles. The van der Waals surface area contributed by atoms with Crippen LogP contribution in [0.25, 0.3) is 0 Å². The molecule has 5 heteroatoms. The molecule has 0 spiro atoms. The first-order chi connectivity index (χ1) is 19.9. The summed E-state index contributed by atoms with van der Waals surface area (Å²) in [6.45, 7) is 19.5. The van der Waals surface area contributed by atoms with E-state index in [-0.39, 0.29) is 11.7 Å². The van der Waals surface area contributed by atoms with Gasteiger partial charge in [0.05, 0.1) is 0 Å². The number of hydrogen-bond donors (Lipinski definition) is 1. The van der Waals surface area contributed by atoms with Crippen LogP contribution < -0.4 is 10.1 Å². The highest BCUT2D eigenvalue weighted by molar-refractivity contribution is 5.68. The van der Waals surface area contributed by atoms with Gasteiger partial charge in [-0.15, -0.1) is 0 Å². The Labute approximate surface area is 247 Å². The summed E-state index contributed by atoms with van der Waals surface area (Å²) in [6, 6.07) is 21.2. The van der Waals surface area contributed by atoms with Gasteiger partial charge in [-0.3, -0.25) is 4.90 Å². The molecule has 2 aliphatic heterocycles. The highest BCUT2D eigenvalue weighted by Gasteiger charge is 2.39. The number of fused-ring (bicyclic) bond motifs is 1.